The fraction of sp³-hybridized carbons (Fsp3) is 0.111. The topological polar surface area (TPSA) is 75.8 Å². The van der Waals surface area contributed by atoms with E-state index >= 15 is 0 Å². The van der Waals surface area contributed by atoms with Gasteiger partial charge < -0.3 is 0 Å². The van der Waals surface area contributed by atoms with E-state index in [-0.39, 0.29) is 11.4 Å². The Morgan fingerprint density at radius 3 is 2.25 bits per heavy atom. The Morgan fingerprint density at radius 2 is 1.71 bits per heavy atom. The normalized spacial score (nSPS) is 11.6. The zero-order valence-corrected chi connectivity index (χ0v) is 15.0. The minimum atomic E-state index is -4.02. The van der Waals surface area contributed by atoms with Gasteiger partial charge in [0.25, 0.3) is 6.43 Å². The third kappa shape index (κ3) is 3.61. The van der Waals surface area contributed by atoms with E-state index in [0.717, 1.165) is 17.0 Å². The second kappa shape index (κ2) is 7.09. The Morgan fingerprint density at radius 1 is 1.07 bits per heavy atom. The van der Waals surface area contributed by atoms with Gasteiger partial charge in [0, 0.05) is 11.8 Å². The lowest BCUT2D eigenvalue weighted by Gasteiger charge is -2.10. The van der Waals surface area contributed by atoms with E-state index in [4.69, 9.17) is 5.26 Å². The largest absolute Gasteiger partial charge is 0.282 e. The van der Waals surface area contributed by atoms with Gasteiger partial charge in [-0.1, -0.05) is 0 Å². The van der Waals surface area contributed by atoms with Gasteiger partial charge in [0.1, 0.15) is 22.2 Å². The van der Waals surface area contributed by atoms with Gasteiger partial charge in [0.05, 0.1) is 23.0 Å². The number of sulfone groups is 1. The van der Waals surface area contributed by atoms with Crippen molar-refractivity contribution in [3.8, 4) is 23.0 Å². The van der Waals surface area contributed by atoms with Gasteiger partial charge >= 0.3 is 0 Å². The van der Waals surface area contributed by atoms with E-state index < -0.39 is 44.1 Å². The van der Waals surface area contributed by atoms with E-state index in [1.54, 1.807) is 0 Å². The van der Waals surface area contributed by atoms with Crippen LogP contribution in [0.1, 0.15) is 17.7 Å². The smallest absolute Gasteiger partial charge is 0.233 e. The highest BCUT2D eigenvalue weighted by molar-refractivity contribution is 7.90. The molecule has 28 heavy (non-hydrogen) atoms. The summed E-state index contributed by atoms with van der Waals surface area (Å²) in [6, 6.07) is 9.54. The third-order valence-corrected chi connectivity index (χ3v) is 5.00. The Balaban J connectivity index is 2.24. The van der Waals surface area contributed by atoms with Gasteiger partial charge in [-0.3, -0.25) is 0 Å². The van der Waals surface area contributed by atoms with Crippen molar-refractivity contribution in [1.82, 2.24) is 9.78 Å². The Kier molecular flexibility index (Phi) is 4.95. The number of nitriles is 1. The van der Waals surface area contributed by atoms with Gasteiger partial charge in [-0.2, -0.15) is 10.4 Å². The molecule has 0 amide bonds. The van der Waals surface area contributed by atoms with Crippen LogP contribution in [0.5, 0.6) is 0 Å². The van der Waals surface area contributed by atoms with Crippen LogP contribution in [-0.4, -0.2) is 24.5 Å². The molecule has 1 aromatic heterocycles. The van der Waals surface area contributed by atoms with Crippen LogP contribution in [0, 0.1) is 23.0 Å². The molecule has 2 aromatic carbocycles. The lowest BCUT2D eigenvalue weighted by atomic mass is 10.1. The summed E-state index contributed by atoms with van der Waals surface area (Å²) in [7, 11) is -4.02. The summed E-state index contributed by atoms with van der Waals surface area (Å²) in [5.74, 6) is -2.33. The van der Waals surface area contributed by atoms with E-state index in [1.807, 2.05) is 6.07 Å². The van der Waals surface area contributed by atoms with Gasteiger partial charge in [-0.25, -0.2) is 30.7 Å². The standard InChI is InChI=1S/C18H11F4N3O2S/c1-28(26,27)17-7-13(19)12(6-14(17)20)16-8-15(18(21)22)24-25(16)11-4-2-10(9-23)3-5-11/h2-8,18H,1H3. The number of benzene rings is 2. The van der Waals surface area contributed by atoms with E-state index in [0.29, 0.717) is 17.7 Å². The summed E-state index contributed by atoms with van der Waals surface area (Å²) >= 11 is 0. The molecular formula is C18H11F4N3O2S. The highest BCUT2D eigenvalue weighted by Crippen LogP contribution is 2.32. The molecule has 0 aliphatic heterocycles. The summed E-state index contributed by atoms with van der Waals surface area (Å²) in [5, 5.41) is 12.6. The number of nitrogens with zero attached hydrogens (tertiary/aromatic N) is 3. The second-order valence-corrected chi connectivity index (χ2v) is 7.84. The first kappa shape index (κ1) is 19.6. The zero-order chi connectivity index (χ0) is 20.6. The minimum Gasteiger partial charge on any atom is -0.233 e. The molecule has 0 aliphatic carbocycles. The van der Waals surface area contributed by atoms with E-state index in [2.05, 4.69) is 5.10 Å². The predicted octanol–water partition coefficient (Wildman–Crippen LogP) is 4.03. The molecule has 0 aliphatic rings. The van der Waals surface area contributed by atoms with Gasteiger partial charge in [-0.05, 0) is 42.5 Å². The number of hydrogen-bond acceptors (Lipinski definition) is 4. The molecule has 0 spiro atoms. The van der Waals surface area contributed by atoms with Crippen molar-refractivity contribution in [2.24, 2.45) is 0 Å². The van der Waals surface area contributed by atoms with Crippen molar-refractivity contribution in [3.63, 3.8) is 0 Å². The minimum absolute atomic E-state index is 0.198. The molecular weight excluding hydrogens is 398 g/mol. The molecule has 0 unspecified atom stereocenters. The van der Waals surface area contributed by atoms with E-state index in [1.165, 1.54) is 24.3 Å². The number of aromatic nitrogens is 2. The fourth-order valence-electron chi connectivity index (χ4n) is 2.58. The third-order valence-electron chi connectivity index (χ3n) is 3.89. The molecule has 3 rings (SSSR count). The van der Waals surface area contributed by atoms with Crippen LogP contribution in [-0.2, 0) is 9.84 Å². The number of halogens is 4. The first-order chi connectivity index (χ1) is 13.1. The Hall–Kier alpha value is -3.19. The molecule has 0 saturated heterocycles. The van der Waals surface area contributed by atoms with Crippen LogP contribution in [0.3, 0.4) is 0 Å². The maximum absolute atomic E-state index is 14.6. The van der Waals surface area contributed by atoms with Gasteiger partial charge in [0.2, 0.25) is 0 Å². The predicted molar refractivity (Wildman–Crippen MR) is 91.7 cm³/mol. The van der Waals surface area contributed by atoms with E-state index in [9.17, 15) is 26.0 Å². The summed E-state index contributed by atoms with van der Waals surface area (Å²) < 4.78 is 79.2. The highest BCUT2D eigenvalue weighted by Gasteiger charge is 2.23. The average Bonchev–Trinajstić information content (AvgIpc) is 3.08. The number of hydrogen-bond donors (Lipinski definition) is 0. The van der Waals surface area contributed by atoms with Crippen LogP contribution in [0.4, 0.5) is 17.6 Å². The van der Waals surface area contributed by atoms with Crippen LogP contribution in [0.25, 0.3) is 16.9 Å². The molecule has 0 N–H and O–H groups in total. The van der Waals surface area contributed by atoms with Crippen LogP contribution >= 0.6 is 0 Å². The molecule has 1 heterocycles. The first-order valence-electron chi connectivity index (χ1n) is 7.70. The molecule has 0 saturated carbocycles. The molecule has 3 aromatic rings. The molecule has 10 heteroatoms. The molecule has 5 nitrogen and oxygen atoms in total. The van der Waals surface area contributed by atoms with Crippen molar-refractivity contribution >= 4 is 9.84 Å². The maximum Gasteiger partial charge on any atom is 0.282 e. The lowest BCUT2D eigenvalue weighted by Crippen LogP contribution is -2.05. The molecule has 0 atom stereocenters. The quantitative estimate of drug-likeness (QED) is 0.610. The van der Waals surface area contributed by atoms with Crippen molar-refractivity contribution in [2.45, 2.75) is 11.3 Å². The van der Waals surface area contributed by atoms with Crippen LogP contribution in [0.15, 0.2) is 47.4 Å². The van der Waals surface area contributed by atoms with Crippen LogP contribution < -0.4 is 0 Å². The first-order valence-corrected chi connectivity index (χ1v) is 9.59. The van der Waals surface area contributed by atoms with Gasteiger partial charge in [-0.15, -0.1) is 0 Å². The monoisotopic (exact) mass is 409 g/mol. The Bertz CT molecular complexity index is 1200. The van der Waals surface area contributed by atoms with Crippen LogP contribution in [0.2, 0.25) is 0 Å². The van der Waals surface area contributed by atoms with Crippen molar-refractivity contribution in [3.05, 3.63) is 65.4 Å². The molecule has 0 radical (unpaired) electrons. The zero-order valence-electron chi connectivity index (χ0n) is 14.2. The molecule has 0 fully saturated rings. The van der Waals surface area contributed by atoms with Gasteiger partial charge in [0.15, 0.2) is 9.84 Å². The van der Waals surface area contributed by atoms with Crippen molar-refractivity contribution in [2.75, 3.05) is 6.26 Å². The summed E-state index contributed by atoms with van der Waals surface area (Å²) in [6.07, 6.45) is -2.25. The second-order valence-electron chi connectivity index (χ2n) is 5.86. The molecule has 144 valence electrons. The highest BCUT2D eigenvalue weighted by atomic mass is 32.2. The van der Waals surface area contributed by atoms with Crippen molar-refractivity contribution in [1.29, 1.82) is 5.26 Å². The summed E-state index contributed by atoms with van der Waals surface area (Å²) in [6.45, 7) is 0. The number of alkyl halides is 2. The fourth-order valence-corrected chi connectivity index (χ4v) is 3.31. The molecule has 0 bridgehead atoms. The Labute approximate surface area is 157 Å². The summed E-state index contributed by atoms with van der Waals surface area (Å²) in [4.78, 5) is -0.840. The SMILES string of the molecule is CS(=O)(=O)c1cc(F)c(-c2cc(C(F)F)nn2-c2ccc(C#N)cc2)cc1F. The summed E-state index contributed by atoms with van der Waals surface area (Å²) in [5.41, 5.74) is -0.773. The average molecular weight is 409 g/mol. The maximum atomic E-state index is 14.6. The van der Waals surface area contributed by atoms with Crippen molar-refractivity contribution < 1.29 is 26.0 Å². The number of rotatable bonds is 4. The lowest BCUT2D eigenvalue weighted by molar-refractivity contribution is 0.145.